The zero-order valence-corrected chi connectivity index (χ0v) is 12.2. The Labute approximate surface area is 115 Å². The zero-order valence-electron chi connectivity index (χ0n) is 11.5. The van der Waals surface area contributed by atoms with Crippen LogP contribution in [0.4, 0.5) is 0 Å². The fourth-order valence-corrected chi connectivity index (χ4v) is 2.43. The molecule has 2 N–H and O–H groups in total. The summed E-state index contributed by atoms with van der Waals surface area (Å²) in [7, 11) is 0. The van der Waals surface area contributed by atoms with Crippen LogP contribution in [0.3, 0.4) is 0 Å². The minimum absolute atomic E-state index is 0.229. The van der Waals surface area contributed by atoms with Gasteiger partial charge in [-0.2, -0.15) is 0 Å². The molecule has 0 saturated carbocycles. The molecule has 0 bridgehead atoms. The lowest BCUT2D eigenvalue weighted by Gasteiger charge is -2.21. The van der Waals surface area contributed by atoms with E-state index in [9.17, 15) is 5.11 Å². The van der Waals surface area contributed by atoms with Crippen molar-refractivity contribution in [2.45, 2.75) is 45.8 Å². The summed E-state index contributed by atoms with van der Waals surface area (Å²) in [6.45, 7) is 7.07. The highest BCUT2D eigenvalue weighted by Crippen LogP contribution is 2.20. The first kappa shape index (κ1) is 15.5. The molecule has 3 unspecified atom stereocenters. The number of benzene rings is 1. The average Bonchev–Trinajstić information content (AvgIpc) is 2.29. The van der Waals surface area contributed by atoms with E-state index in [1.54, 1.807) is 0 Å². The van der Waals surface area contributed by atoms with E-state index in [4.69, 9.17) is 11.6 Å². The maximum atomic E-state index is 9.35. The van der Waals surface area contributed by atoms with E-state index in [1.165, 1.54) is 5.56 Å². The monoisotopic (exact) mass is 269 g/mol. The topological polar surface area (TPSA) is 32.3 Å². The van der Waals surface area contributed by atoms with E-state index in [1.807, 2.05) is 25.1 Å². The summed E-state index contributed by atoms with van der Waals surface area (Å²) < 4.78 is 0. The number of rotatable bonds is 7. The van der Waals surface area contributed by atoms with Crippen molar-refractivity contribution in [1.82, 2.24) is 5.32 Å². The summed E-state index contributed by atoms with van der Waals surface area (Å²) >= 11 is 6.02. The van der Waals surface area contributed by atoms with Gasteiger partial charge >= 0.3 is 0 Å². The molecule has 0 radical (unpaired) electrons. The van der Waals surface area contributed by atoms with Crippen LogP contribution in [0.2, 0.25) is 5.02 Å². The zero-order chi connectivity index (χ0) is 13.5. The molecule has 3 heteroatoms. The SMILES string of the molecule is CCC(NCC(C)CC(C)O)c1cccc(Cl)c1. The van der Waals surface area contributed by atoms with Crippen LogP contribution in [-0.4, -0.2) is 17.8 Å². The van der Waals surface area contributed by atoms with Crippen LogP contribution in [0.5, 0.6) is 0 Å². The number of hydrogen-bond acceptors (Lipinski definition) is 2. The van der Waals surface area contributed by atoms with Crippen molar-refractivity contribution in [3.8, 4) is 0 Å². The van der Waals surface area contributed by atoms with Crippen molar-refractivity contribution in [2.75, 3.05) is 6.54 Å². The Balaban J connectivity index is 2.52. The summed E-state index contributed by atoms with van der Waals surface area (Å²) in [6.07, 6.45) is 1.63. The number of nitrogens with one attached hydrogen (secondary N) is 1. The van der Waals surface area contributed by atoms with Gasteiger partial charge in [0.05, 0.1) is 6.10 Å². The second-order valence-corrected chi connectivity index (χ2v) is 5.55. The van der Waals surface area contributed by atoms with Gasteiger partial charge in [0.15, 0.2) is 0 Å². The van der Waals surface area contributed by atoms with Gasteiger partial charge in [0.25, 0.3) is 0 Å². The predicted octanol–water partition coefficient (Wildman–Crippen LogP) is 3.79. The van der Waals surface area contributed by atoms with Gasteiger partial charge in [0, 0.05) is 11.1 Å². The maximum Gasteiger partial charge on any atom is 0.0515 e. The van der Waals surface area contributed by atoms with E-state index < -0.39 is 0 Å². The van der Waals surface area contributed by atoms with Crippen LogP contribution in [0.1, 0.15) is 45.2 Å². The largest absolute Gasteiger partial charge is 0.393 e. The van der Waals surface area contributed by atoms with E-state index in [0.717, 1.165) is 24.4 Å². The molecule has 102 valence electrons. The Morgan fingerprint density at radius 1 is 1.33 bits per heavy atom. The molecule has 0 heterocycles. The van der Waals surface area contributed by atoms with Crippen molar-refractivity contribution in [1.29, 1.82) is 0 Å². The van der Waals surface area contributed by atoms with Gasteiger partial charge in [0.2, 0.25) is 0 Å². The summed E-state index contributed by atoms with van der Waals surface area (Å²) in [6, 6.07) is 8.34. The van der Waals surface area contributed by atoms with E-state index in [0.29, 0.717) is 12.0 Å². The molecule has 0 saturated heterocycles. The van der Waals surface area contributed by atoms with Gasteiger partial charge in [0.1, 0.15) is 0 Å². The molecule has 0 aliphatic carbocycles. The molecule has 0 aliphatic rings. The predicted molar refractivity (Wildman–Crippen MR) is 77.9 cm³/mol. The lowest BCUT2D eigenvalue weighted by atomic mass is 10.0. The van der Waals surface area contributed by atoms with Crippen LogP contribution in [-0.2, 0) is 0 Å². The van der Waals surface area contributed by atoms with Gasteiger partial charge in [-0.25, -0.2) is 0 Å². The molecule has 0 aromatic heterocycles. The number of hydrogen-bond donors (Lipinski definition) is 2. The highest BCUT2D eigenvalue weighted by molar-refractivity contribution is 6.30. The molecule has 18 heavy (non-hydrogen) atoms. The second-order valence-electron chi connectivity index (χ2n) is 5.11. The summed E-state index contributed by atoms with van der Waals surface area (Å²) in [5, 5.41) is 13.7. The van der Waals surface area contributed by atoms with Crippen molar-refractivity contribution in [3.05, 3.63) is 34.9 Å². The Morgan fingerprint density at radius 2 is 2.06 bits per heavy atom. The highest BCUT2D eigenvalue weighted by Gasteiger charge is 2.12. The van der Waals surface area contributed by atoms with Crippen molar-refractivity contribution >= 4 is 11.6 Å². The van der Waals surface area contributed by atoms with Crippen LogP contribution in [0.25, 0.3) is 0 Å². The minimum Gasteiger partial charge on any atom is -0.393 e. The van der Waals surface area contributed by atoms with E-state index in [2.05, 4.69) is 25.2 Å². The summed E-state index contributed by atoms with van der Waals surface area (Å²) in [4.78, 5) is 0. The normalized spacial score (nSPS) is 16.3. The van der Waals surface area contributed by atoms with Crippen LogP contribution >= 0.6 is 11.6 Å². The first-order valence-electron chi connectivity index (χ1n) is 6.69. The van der Waals surface area contributed by atoms with Gasteiger partial charge in [-0.05, 0) is 49.9 Å². The number of aliphatic hydroxyl groups excluding tert-OH is 1. The third kappa shape index (κ3) is 5.38. The summed E-state index contributed by atoms with van der Waals surface area (Å²) in [5.41, 5.74) is 1.23. The van der Waals surface area contributed by atoms with Crippen molar-refractivity contribution in [3.63, 3.8) is 0 Å². The molecule has 0 spiro atoms. The lowest BCUT2D eigenvalue weighted by molar-refractivity contribution is 0.162. The molecule has 1 rings (SSSR count). The average molecular weight is 270 g/mol. The molecule has 0 fully saturated rings. The minimum atomic E-state index is -0.229. The first-order chi connectivity index (χ1) is 8.52. The maximum absolute atomic E-state index is 9.35. The highest BCUT2D eigenvalue weighted by atomic mass is 35.5. The van der Waals surface area contributed by atoms with Gasteiger partial charge in [-0.3, -0.25) is 0 Å². The molecule has 1 aromatic rings. The molecule has 2 nitrogen and oxygen atoms in total. The van der Waals surface area contributed by atoms with Crippen LogP contribution in [0.15, 0.2) is 24.3 Å². The molecular formula is C15H24ClNO. The second kappa shape index (κ2) is 7.78. The quantitative estimate of drug-likeness (QED) is 0.789. The molecular weight excluding hydrogens is 246 g/mol. The van der Waals surface area contributed by atoms with Crippen molar-refractivity contribution in [2.24, 2.45) is 5.92 Å². The van der Waals surface area contributed by atoms with Crippen LogP contribution in [0, 0.1) is 5.92 Å². The fraction of sp³-hybridized carbons (Fsp3) is 0.600. The van der Waals surface area contributed by atoms with Crippen LogP contribution < -0.4 is 5.32 Å². The Hall–Kier alpha value is -0.570. The molecule has 1 aromatic carbocycles. The molecule has 3 atom stereocenters. The van der Waals surface area contributed by atoms with Gasteiger partial charge in [-0.15, -0.1) is 0 Å². The van der Waals surface area contributed by atoms with E-state index in [-0.39, 0.29) is 6.10 Å². The Morgan fingerprint density at radius 3 is 2.61 bits per heavy atom. The van der Waals surface area contributed by atoms with E-state index >= 15 is 0 Å². The lowest BCUT2D eigenvalue weighted by Crippen LogP contribution is -2.27. The third-order valence-corrected chi connectivity index (χ3v) is 3.35. The molecule has 0 amide bonds. The number of aliphatic hydroxyl groups is 1. The standard InChI is InChI=1S/C15H24ClNO/c1-4-15(13-6-5-7-14(16)9-13)17-10-11(2)8-12(3)18/h5-7,9,11-12,15,17-18H,4,8,10H2,1-3H3. The Bertz CT molecular complexity index is 354. The van der Waals surface area contributed by atoms with Crippen molar-refractivity contribution < 1.29 is 5.11 Å². The smallest absolute Gasteiger partial charge is 0.0515 e. The first-order valence-corrected chi connectivity index (χ1v) is 7.07. The third-order valence-electron chi connectivity index (χ3n) is 3.12. The summed E-state index contributed by atoms with van der Waals surface area (Å²) in [5.74, 6) is 0.471. The molecule has 0 aliphatic heterocycles. The number of halogens is 1. The van der Waals surface area contributed by atoms with Gasteiger partial charge in [-0.1, -0.05) is 37.6 Å². The Kier molecular flexibility index (Phi) is 6.69. The fourth-order valence-electron chi connectivity index (χ4n) is 2.23. The van der Waals surface area contributed by atoms with Gasteiger partial charge < -0.3 is 10.4 Å².